The third-order valence-electron chi connectivity index (χ3n) is 8.28. The number of aromatic nitrogens is 2. The summed E-state index contributed by atoms with van der Waals surface area (Å²) in [5, 5.41) is 6.57. The van der Waals surface area contributed by atoms with Crippen molar-refractivity contribution >= 4 is 44.4 Å². The second-order valence-corrected chi connectivity index (χ2v) is 14.2. The fraction of sp³-hybridized carbons (Fsp3) is 0.444. The zero-order valence-corrected chi connectivity index (χ0v) is 23.7. The van der Waals surface area contributed by atoms with Gasteiger partial charge in [0, 0.05) is 56.3 Å². The summed E-state index contributed by atoms with van der Waals surface area (Å²) < 4.78 is 67.9. The Balaban J connectivity index is 1.27. The largest absolute Gasteiger partial charge is 0.420 e. The first-order valence-electron chi connectivity index (χ1n) is 13.5. The lowest BCUT2D eigenvalue weighted by Gasteiger charge is -2.54. The van der Waals surface area contributed by atoms with Gasteiger partial charge in [0.2, 0.25) is 5.95 Å². The van der Waals surface area contributed by atoms with Crippen molar-refractivity contribution in [3.63, 3.8) is 0 Å². The molecular weight excluding hydrogens is 577 g/mol. The monoisotopic (exact) mass is 604 g/mol. The van der Waals surface area contributed by atoms with Crippen LogP contribution in [0, 0.1) is 0 Å². The van der Waals surface area contributed by atoms with E-state index in [0.717, 1.165) is 48.9 Å². The van der Waals surface area contributed by atoms with E-state index in [9.17, 15) is 26.4 Å². The number of hydrogen-bond acceptors (Lipinski definition) is 9. The Bertz CT molecular complexity index is 1660. The Morgan fingerprint density at radius 1 is 1.15 bits per heavy atom. The van der Waals surface area contributed by atoms with Gasteiger partial charge in [-0.15, -0.1) is 11.3 Å². The normalized spacial score (nSPS) is 23.6. The number of alkyl halides is 3. The average Bonchev–Trinajstić information content (AvgIpc) is 3.69. The van der Waals surface area contributed by atoms with Crippen LogP contribution in [0.25, 0.3) is 10.6 Å². The first-order valence-corrected chi connectivity index (χ1v) is 15.9. The van der Waals surface area contributed by atoms with Crippen LogP contribution in [0.15, 0.2) is 35.4 Å². The van der Waals surface area contributed by atoms with Gasteiger partial charge in [-0.25, -0.2) is 18.4 Å². The molecule has 1 aliphatic carbocycles. The van der Waals surface area contributed by atoms with Crippen molar-refractivity contribution in [2.75, 3.05) is 42.7 Å². The van der Waals surface area contributed by atoms with Gasteiger partial charge in [0.1, 0.15) is 10.4 Å². The van der Waals surface area contributed by atoms with Crippen LogP contribution >= 0.6 is 11.3 Å². The number of carbonyl (C=O) groups excluding carboxylic acids is 1. The van der Waals surface area contributed by atoms with Crippen LogP contribution in [0.2, 0.25) is 0 Å². The molecule has 1 aromatic carbocycles. The maximum Gasteiger partial charge on any atom is 0.420 e. The highest BCUT2D eigenvalue weighted by atomic mass is 32.2. The first-order chi connectivity index (χ1) is 19.5. The zero-order valence-electron chi connectivity index (χ0n) is 22.0. The van der Waals surface area contributed by atoms with E-state index in [-0.39, 0.29) is 32.9 Å². The van der Waals surface area contributed by atoms with Crippen molar-refractivity contribution in [2.45, 2.75) is 48.3 Å². The number of anilines is 3. The van der Waals surface area contributed by atoms with Gasteiger partial charge in [0.05, 0.1) is 21.2 Å². The Morgan fingerprint density at radius 3 is 2.59 bits per heavy atom. The number of hydrogen-bond donors (Lipinski definition) is 2. The Kier molecular flexibility index (Phi) is 6.11. The minimum atomic E-state index is -4.79. The molecule has 2 N–H and O–H groups in total. The maximum atomic E-state index is 14.1. The van der Waals surface area contributed by atoms with Gasteiger partial charge in [-0.2, -0.15) is 13.2 Å². The van der Waals surface area contributed by atoms with E-state index in [1.165, 1.54) is 18.4 Å². The molecule has 2 unspecified atom stereocenters. The van der Waals surface area contributed by atoms with Gasteiger partial charge < -0.3 is 20.4 Å². The number of piperazine rings is 1. The van der Waals surface area contributed by atoms with E-state index in [1.54, 1.807) is 0 Å². The number of carbonyl (C=O) groups is 1. The van der Waals surface area contributed by atoms with Crippen molar-refractivity contribution in [2.24, 2.45) is 0 Å². The topological polar surface area (TPSA) is 108 Å². The van der Waals surface area contributed by atoms with Crippen LogP contribution < -0.4 is 15.5 Å². The Hall–Kier alpha value is -3.23. The Morgan fingerprint density at radius 2 is 1.90 bits per heavy atom. The summed E-state index contributed by atoms with van der Waals surface area (Å²) in [6, 6.07) is 8.19. The smallest absolute Gasteiger partial charge is 0.363 e. The highest BCUT2D eigenvalue weighted by molar-refractivity contribution is 7.91. The van der Waals surface area contributed by atoms with E-state index in [4.69, 9.17) is 0 Å². The fourth-order valence-corrected chi connectivity index (χ4v) is 8.96. The molecule has 2 atom stereocenters. The van der Waals surface area contributed by atoms with Crippen molar-refractivity contribution < 1.29 is 26.4 Å². The van der Waals surface area contributed by atoms with Crippen LogP contribution in [0.3, 0.4) is 0 Å². The van der Waals surface area contributed by atoms with Crippen molar-refractivity contribution in [1.82, 2.24) is 20.2 Å². The molecule has 4 aliphatic rings. The second kappa shape index (κ2) is 9.39. The molecular formula is C27H27F3N6O3S2. The van der Waals surface area contributed by atoms with Gasteiger partial charge >= 0.3 is 6.18 Å². The molecule has 0 spiro atoms. The standard InChI is InChI=1S/C27H27F3N6O3S2/c1-35-6-7-41(38,39)22-10-21(40-24(22)25(35)37)23-19(27(28,29)30)13-32-26(34-23)33-20-5-4-15(9-18(20)14-2-3-14)36-16-8-17(36)12-31-11-16/h4-5,9-10,13-14,16-17,31H,2-3,6-8,11-12H2,1H3,(H,32,33,34). The number of nitrogens with zero attached hydrogens (tertiary/aromatic N) is 4. The molecule has 14 heteroatoms. The van der Waals surface area contributed by atoms with E-state index in [0.29, 0.717) is 35.5 Å². The molecule has 0 radical (unpaired) electrons. The molecule has 2 saturated heterocycles. The molecule has 3 fully saturated rings. The maximum absolute atomic E-state index is 14.1. The molecule has 2 bridgehead atoms. The number of piperidine rings is 1. The van der Waals surface area contributed by atoms with Gasteiger partial charge in [-0.05, 0) is 55.0 Å². The zero-order chi connectivity index (χ0) is 28.7. The summed E-state index contributed by atoms with van der Waals surface area (Å²) in [4.78, 5) is 24.3. The van der Waals surface area contributed by atoms with E-state index >= 15 is 0 Å². The summed E-state index contributed by atoms with van der Waals surface area (Å²) >= 11 is 0.702. The lowest BCUT2D eigenvalue weighted by molar-refractivity contribution is -0.137. The Labute approximate surface area is 238 Å². The minimum Gasteiger partial charge on any atom is -0.363 e. The van der Waals surface area contributed by atoms with Gasteiger partial charge in [0.15, 0.2) is 9.84 Å². The lowest BCUT2D eigenvalue weighted by atomic mass is 9.87. The molecule has 2 aromatic heterocycles. The number of thiophene rings is 1. The summed E-state index contributed by atoms with van der Waals surface area (Å²) in [6.45, 7) is 1.91. The van der Waals surface area contributed by atoms with E-state index < -0.39 is 33.2 Å². The predicted octanol–water partition coefficient (Wildman–Crippen LogP) is 4.25. The van der Waals surface area contributed by atoms with E-state index in [1.807, 2.05) is 12.1 Å². The van der Waals surface area contributed by atoms with Crippen LogP contribution in [0.1, 0.15) is 46.0 Å². The highest BCUT2D eigenvalue weighted by Gasteiger charge is 2.42. The molecule has 9 nitrogen and oxygen atoms in total. The third-order valence-corrected chi connectivity index (χ3v) is 11.3. The molecule has 3 aromatic rings. The van der Waals surface area contributed by atoms with Crippen LogP contribution in [-0.4, -0.2) is 73.7 Å². The summed E-state index contributed by atoms with van der Waals surface area (Å²) in [5.74, 6) is -0.542. The minimum absolute atomic E-state index is 0.00531. The van der Waals surface area contributed by atoms with Gasteiger partial charge in [-0.1, -0.05) is 0 Å². The molecule has 7 rings (SSSR count). The summed E-state index contributed by atoms with van der Waals surface area (Å²) in [7, 11) is -2.39. The summed E-state index contributed by atoms with van der Waals surface area (Å²) in [6.07, 6.45) is -0.854. The van der Waals surface area contributed by atoms with Crippen LogP contribution in [-0.2, 0) is 16.0 Å². The number of nitrogens with one attached hydrogen (secondary N) is 2. The number of amides is 1. The molecule has 5 heterocycles. The number of halogens is 3. The summed E-state index contributed by atoms with van der Waals surface area (Å²) in [5.41, 5.74) is 1.38. The molecule has 1 saturated carbocycles. The van der Waals surface area contributed by atoms with Crippen LogP contribution in [0.4, 0.5) is 30.5 Å². The van der Waals surface area contributed by atoms with Crippen molar-refractivity contribution in [3.05, 3.63) is 46.5 Å². The molecule has 1 amide bonds. The van der Waals surface area contributed by atoms with Crippen molar-refractivity contribution in [1.29, 1.82) is 0 Å². The van der Waals surface area contributed by atoms with E-state index in [2.05, 4.69) is 31.6 Å². The van der Waals surface area contributed by atoms with Crippen LogP contribution in [0.5, 0.6) is 0 Å². The highest BCUT2D eigenvalue weighted by Crippen LogP contribution is 2.47. The van der Waals surface area contributed by atoms with Crippen molar-refractivity contribution in [3.8, 4) is 10.6 Å². The molecule has 216 valence electrons. The average molecular weight is 605 g/mol. The van der Waals surface area contributed by atoms with Gasteiger partial charge in [0.25, 0.3) is 5.91 Å². The van der Waals surface area contributed by atoms with Gasteiger partial charge in [-0.3, -0.25) is 4.79 Å². The number of fused-ring (bicyclic) bond motifs is 3. The number of sulfone groups is 1. The number of benzene rings is 1. The second-order valence-electron chi connectivity index (χ2n) is 11.1. The molecule has 3 aliphatic heterocycles. The fourth-order valence-electron chi connectivity index (χ4n) is 5.93. The third kappa shape index (κ3) is 4.65. The first kappa shape index (κ1) is 26.7. The molecule has 41 heavy (non-hydrogen) atoms. The quantitative estimate of drug-likeness (QED) is 0.445. The SMILES string of the molecule is CN1CCS(=O)(=O)c2cc(-c3nc(Nc4ccc(N5C6CNCC5C6)cc4C4CC4)ncc3C(F)(F)F)sc2C1=O. The predicted molar refractivity (Wildman–Crippen MR) is 149 cm³/mol. The number of rotatable bonds is 5. The lowest BCUT2D eigenvalue weighted by Crippen LogP contribution is -2.68.